The number of anilines is 1. The van der Waals surface area contributed by atoms with Crippen LogP contribution in [0.5, 0.6) is 5.75 Å². The van der Waals surface area contributed by atoms with Gasteiger partial charge < -0.3 is 15.7 Å². The molecule has 5 heteroatoms. The second-order valence-corrected chi connectivity index (χ2v) is 7.11. The summed E-state index contributed by atoms with van der Waals surface area (Å²) in [6.45, 7) is 8.07. The van der Waals surface area contributed by atoms with Crippen LogP contribution in [0.2, 0.25) is 0 Å². The van der Waals surface area contributed by atoms with Gasteiger partial charge in [-0.2, -0.15) is 0 Å². The number of aromatic hydroxyl groups is 1. The first-order valence-corrected chi connectivity index (χ1v) is 8.19. The predicted molar refractivity (Wildman–Crippen MR) is 98.9 cm³/mol. The molecule has 0 bridgehead atoms. The zero-order chi connectivity index (χ0) is 18.6. The third kappa shape index (κ3) is 4.83. The van der Waals surface area contributed by atoms with Crippen LogP contribution in [0, 0.1) is 5.41 Å². The van der Waals surface area contributed by atoms with Crippen molar-refractivity contribution in [3.63, 3.8) is 0 Å². The average Bonchev–Trinajstić information content (AvgIpc) is 2.56. The molecule has 25 heavy (non-hydrogen) atoms. The largest absolute Gasteiger partial charge is 0.508 e. The van der Waals surface area contributed by atoms with Crippen LogP contribution in [-0.2, 0) is 0 Å². The van der Waals surface area contributed by atoms with Gasteiger partial charge in [-0.15, -0.1) is 0 Å². The molecular weight excluding hydrogens is 316 g/mol. The number of hydrogen-bond donors (Lipinski definition) is 3. The second kappa shape index (κ2) is 7.38. The van der Waals surface area contributed by atoms with Gasteiger partial charge in [-0.3, -0.25) is 9.59 Å². The highest BCUT2D eigenvalue weighted by Crippen LogP contribution is 2.20. The van der Waals surface area contributed by atoms with Gasteiger partial charge in [0.05, 0.1) is 11.1 Å². The van der Waals surface area contributed by atoms with E-state index in [-0.39, 0.29) is 29.0 Å². The Labute approximate surface area is 148 Å². The molecule has 1 unspecified atom stereocenters. The maximum atomic E-state index is 12.6. The molecule has 5 nitrogen and oxygen atoms in total. The van der Waals surface area contributed by atoms with E-state index in [4.69, 9.17) is 0 Å². The molecule has 0 radical (unpaired) electrons. The van der Waals surface area contributed by atoms with E-state index >= 15 is 0 Å². The van der Waals surface area contributed by atoms with Crippen LogP contribution in [0.25, 0.3) is 0 Å². The zero-order valence-corrected chi connectivity index (χ0v) is 15.0. The molecule has 3 N–H and O–H groups in total. The van der Waals surface area contributed by atoms with Crippen LogP contribution in [-0.4, -0.2) is 23.0 Å². The highest BCUT2D eigenvalue weighted by molar-refractivity contribution is 6.12. The van der Waals surface area contributed by atoms with E-state index in [1.165, 1.54) is 12.1 Å². The van der Waals surface area contributed by atoms with Crippen LogP contribution in [0.4, 0.5) is 5.69 Å². The fourth-order valence-corrected chi connectivity index (χ4v) is 2.11. The summed E-state index contributed by atoms with van der Waals surface area (Å²) in [5, 5.41) is 15.0. The van der Waals surface area contributed by atoms with E-state index in [9.17, 15) is 14.7 Å². The lowest BCUT2D eigenvalue weighted by molar-refractivity contribution is 0.0901. The highest BCUT2D eigenvalue weighted by Gasteiger charge is 2.24. The summed E-state index contributed by atoms with van der Waals surface area (Å²) in [6.07, 6.45) is 0. The van der Waals surface area contributed by atoms with E-state index in [1.54, 1.807) is 36.4 Å². The summed E-state index contributed by atoms with van der Waals surface area (Å²) in [6, 6.07) is 12.8. The number of carbonyl (C=O) groups is 2. The molecular formula is C20H24N2O3. The molecule has 2 aromatic carbocycles. The minimum atomic E-state index is -0.375. The fourth-order valence-electron chi connectivity index (χ4n) is 2.11. The van der Waals surface area contributed by atoms with E-state index in [0.717, 1.165) is 0 Å². The van der Waals surface area contributed by atoms with E-state index in [0.29, 0.717) is 16.8 Å². The van der Waals surface area contributed by atoms with Crippen LogP contribution in [0.3, 0.4) is 0 Å². The van der Waals surface area contributed by atoms with Crippen molar-refractivity contribution in [1.29, 1.82) is 0 Å². The summed E-state index contributed by atoms with van der Waals surface area (Å²) in [4.78, 5) is 25.2. The quantitative estimate of drug-likeness (QED) is 0.741. The summed E-state index contributed by atoms with van der Waals surface area (Å²) >= 11 is 0. The lowest BCUT2D eigenvalue weighted by atomic mass is 9.88. The zero-order valence-electron chi connectivity index (χ0n) is 15.0. The third-order valence-electron chi connectivity index (χ3n) is 4.19. The number of carbonyl (C=O) groups excluding carboxylic acids is 2. The molecule has 2 aromatic rings. The van der Waals surface area contributed by atoms with Crippen LogP contribution >= 0.6 is 0 Å². The van der Waals surface area contributed by atoms with E-state index in [2.05, 4.69) is 10.6 Å². The molecule has 0 spiro atoms. The van der Waals surface area contributed by atoms with Crippen molar-refractivity contribution in [1.82, 2.24) is 5.32 Å². The van der Waals surface area contributed by atoms with Crippen molar-refractivity contribution in [2.45, 2.75) is 33.7 Å². The second-order valence-electron chi connectivity index (χ2n) is 7.11. The van der Waals surface area contributed by atoms with Gasteiger partial charge >= 0.3 is 0 Å². The van der Waals surface area contributed by atoms with Gasteiger partial charge in [-0.1, -0.05) is 32.9 Å². The summed E-state index contributed by atoms with van der Waals surface area (Å²) in [7, 11) is 0. The molecule has 0 aromatic heterocycles. The van der Waals surface area contributed by atoms with Crippen molar-refractivity contribution in [2.24, 2.45) is 5.41 Å². The van der Waals surface area contributed by atoms with Gasteiger partial charge in [0, 0.05) is 11.7 Å². The number of phenolic OH excluding ortho intramolecular Hbond substituents is 1. The Morgan fingerprint density at radius 2 is 1.44 bits per heavy atom. The molecule has 2 amide bonds. The molecule has 0 aliphatic heterocycles. The molecule has 132 valence electrons. The van der Waals surface area contributed by atoms with E-state index < -0.39 is 0 Å². The van der Waals surface area contributed by atoms with Gasteiger partial charge in [0.25, 0.3) is 11.8 Å². The van der Waals surface area contributed by atoms with Gasteiger partial charge in [0.1, 0.15) is 5.75 Å². The van der Waals surface area contributed by atoms with Gasteiger partial charge in [-0.05, 0) is 48.7 Å². The Hall–Kier alpha value is -2.82. The molecule has 0 fully saturated rings. The molecule has 0 heterocycles. The van der Waals surface area contributed by atoms with Gasteiger partial charge in [0.15, 0.2) is 0 Å². The Bertz CT molecular complexity index is 761. The van der Waals surface area contributed by atoms with Crippen molar-refractivity contribution in [3.8, 4) is 5.75 Å². The lowest BCUT2D eigenvalue weighted by Gasteiger charge is -2.28. The number of hydrogen-bond acceptors (Lipinski definition) is 3. The molecule has 0 aliphatic rings. The van der Waals surface area contributed by atoms with Gasteiger partial charge in [0.2, 0.25) is 0 Å². The third-order valence-corrected chi connectivity index (χ3v) is 4.19. The monoisotopic (exact) mass is 340 g/mol. The van der Waals surface area contributed by atoms with Crippen molar-refractivity contribution in [2.75, 3.05) is 5.32 Å². The Balaban J connectivity index is 2.20. The van der Waals surface area contributed by atoms with E-state index in [1.807, 2.05) is 27.7 Å². The maximum absolute atomic E-state index is 12.6. The smallest absolute Gasteiger partial charge is 0.256 e. The van der Waals surface area contributed by atoms with Crippen LogP contribution in [0.1, 0.15) is 48.4 Å². The topological polar surface area (TPSA) is 78.4 Å². The fraction of sp³-hybridized carbons (Fsp3) is 0.300. The first-order valence-electron chi connectivity index (χ1n) is 8.19. The Kier molecular flexibility index (Phi) is 5.47. The predicted octanol–water partition coefficient (Wildman–Crippen LogP) is 3.81. The number of amides is 2. The number of rotatable bonds is 4. The van der Waals surface area contributed by atoms with Crippen LogP contribution in [0.15, 0.2) is 48.5 Å². The normalized spacial score (nSPS) is 12.3. The molecule has 0 saturated carbocycles. The number of nitrogens with one attached hydrogen (secondary N) is 2. The van der Waals surface area contributed by atoms with Crippen LogP contribution < -0.4 is 10.6 Å². The van der Waals surface area contributed by atoms with Crippen molar-refractivity contribution < 1.29 is 14.7 Å². The minimum absolute atomic E-state index is 0.0479. The Morgan fingerprint density at radius 3 is 1.96 bits per heavy atom. The molecule has 2 rings (SSSR count). The average molecular weight is 340 g/mol. The summed E-state index contributed by atoms with van der Waals surface area (Å²) in [5.74, 6) is -0.535. The SMILES string of the molecule is CC(NC(=O)c1ccccc1C(=O)Nc1ccc(O)cc1)C(C)(C)C. The summed E-state index contributed by atoms with van der Waals surface area (Å²) in [5.41, 5.74) is 1.09. The van der Waals surface area contributed by atoms with Crippen molar-refractivity contribution >= 4 is 17.5 Å². The number of phenols is 1. The summed E-state index contributed by atoms with van der Waals surface area (Å²) < 4.78 is 0. The standard InChI is InChI=1S/C20H24N2O3/c1-13(20(2,3)4)21-18(24)16-7-5-6-8-17(16)19(25)22-14-9-11-15(23)12-10-14/h5-13,23H,1-4H3,(H,21,24)(H,22,25). The molecule has 0 aliphatic carbocycles. The number of benzene rings is 2. The van der Waals surface area contributed by atoms with Crippen molar-refractivity contribution in [3.05, 3.63) is 59.7 Å². The first kappa shape index (κ1) is 18.5. The lowest BCUT2D eigenvalue weighted by Crippen LogP contribution is -2.42. The first-order chi connectivity index (χ1) is 11.7. The minimum Gasteiger partial charge on any atom is -0.508 e. The highest BCUT2D eigenvalue weighted by atomic mass is 16.3. The molecule has 0 saturated heterocycles. The Morgan fingerprint density at radius 1 is 0.920 bits per heavy atom. The molecule has 1 atom stereocenters. The van der Waals surface area contributed by atoms with Gasteiger partial charge in [-0.25, -0.2) is 0 Å². The maximum Gasteiger partial charge on any atom is 0.256 e.